The van der Waals surface area contributed by atoms with E-state index in [1.807, 2.05) is 5.38 Å². The molecule has 0 atom stereocenters. The Morgan fingerprint density at radius 2 is 2.19 bits per heavy atom. The molecule has 2 rings (SSSR count). The first-order valence-electron chi connectivity index (χ1n) is 6.86. The molecule has 0 radical (unpaired) electrons. The van der Waals surface area contributed by atoms with Gasteiger partial charge >= 0.3 is 0 Å². The Kier molecular flexibility index (Phi) is 6.62. The molecule has 0 aliphatic heterocycles. The first-order valence-corrected chi connectivity index (χ1v) is 8.89. The predicted molar refractivity (Wildman–Crippen MR) is 87.5 cm³/mol. The number of hydrogen-bond donors (Lipinski definition) is 1. The normalized spacial score (nSPS) is 10.5. The molecule has 0 saturated heterocycles. The van der Waals surface area contributed by atoms with Crippen molar-refractivity contribution in [3.8, 4) is 10.8 Å². The molecule has 7 heteroatoms. The van der Waals surface area contributed by atoms with Crippen LogP contribution in [-0.4, -0.2) is 38.9 Å². The van der Waals surface area contributed by atoms with Crippen LogP contribution in [0.25, 0.3) is 10.8 Å². The van der Waals surface area contributed by atoms with Gasteiger partial charge in [-0.15, -0.1) is 11.3 Å². The number of thiazole rings is 1. The largest absolute Gasteiger partial charge is 0.355 e. The van der Waals surface area contributed by atoms with Crippen LogP contribution in [0.1, 0.15) is 19.0 Å². The van der Waals surface area contributed by atoms with Crippen LogP contribution in [0.3, 0.4) is 0 Å². The molecule has 1 amide bonds. The summed E-state index contributed by atoms with van der Waals surface area (Å²) < 4.78 is 0. The van der Waals surface area contributed by atoms with Crippen molar-refractivity contribution in [1.29, 1.82) is 0 Å². The lowest BCUT2D eigenvalue weighted by Gasteiger charge is -2.03. The molecular weight excluding hydrogens is 304 g/mol. The number of amides is 1. The second-order valence-electron chi connectivity index (χ2n) is 4.37. The highest BCUT2D eigenvalue weighted by molar-refractivity contribution is 7.99. The molecule has 0 aliphatic carbocycles. The Morgan fingerprint density at radius 1 is 1.38 bits per heavy atom. The summed E-state index contributed by atoms with van der Waals surface area (Å²) in [6, 6.07) is 1.78. The quantitative estimate of drug-likeness (QED) is 0.756. The van der Waals surface area contributed by atoms with Gasteiger partial charge in [0.1, 0.15) is 0 Å². The maximum atomic E-state index is 11.6. The molecule has 0 saturated carbocycles. The Morgan fingerprint density at radius 3 is 2.95 bits per heavy atom. The van der Waals surface area contributed by atoms with Gasteiger partial charge in [-0.1, -0.05) is 6.92 Å². The van der Waals surface area contributed by atoms with Crippen molar-refractivity contribution in [2.45, 2.75) is 19.8 Å². The van der Waals surface area contributed by atoms with E-state index in [1.165, 1.54) is 11.3 Å². The van der Waals surface area contributed by atoms with E-state index in [0.29, 0.717) is 18.1 Å². The number of carbonyl (C=O) groups excluding carboxylic acids is 1. The van der Waals surface area contributed by atoms with Gasteiger partial charge in [-0.25, -0.2) is 15.0 Å². The molecule has 5 nitrogen and oxygen atoms in total. The average Bonchev–Trinajstić information content (AvgIpc) is 2.97. The van der Waals surface area contributed by atoms with Crippen LogP contribution >= 0.6 is 23.1 Å². The fourth-order valence-electron chi connectivity index (χ4n) is 1.62. The maximum absolute atomic E-state index is 11.6. The molecule has 21 heavy (non-hydrogen) atoms. The van der Waals surface area contributed by atoms with E-state index in [2.05, 4.69) is 27.2 Å². The topological polar surface area (TPSA) is 67.8 Å². The third-order valence-corrected chi connectivity index (χ3v) is 4.64. The molecule has 0 aliphatic rings. The first-order chi connectivity index (χ1) is 10.3. The third-order valence-electron chi connectivity index (χ3n) is 2.59. The van der Waals surface area contributed by atoms with Gasteiger partial charge < -0.3 is 5.32 Å². The van der Waals surface area contributed by atoms with Gasteiger partial charge in [0.25, 0.3) is 0 Å². The van der Waals surface area contributed by atoms with Crippen LogP contribution in [0.2, 0.25) is 0 Å². The van der Waals surface area contributed by atoms with E-state index in [9.17, 15) is 4.79 Å². The molecule has 2 aromatic heterocycles. The summed E-state index contributed by atoms with van der Waals surface area (Å²) in [6.07, 6.45) is 5.24. The van der Waals surface area contributed by atoms with Crippen molar-refractivity contribution in [3.63, 3.8) is 0 Å². The highest BCUT2D eigenvalue weighted by Gasteiger charge is 2.07. The second kappa shape index (κ2) is 8.74. The highest BCUT2D eigenvalue weighted by atomic mass is 32.2. The summed E-state index contributed by atoms with van der Waals surface area (Å²) in [6.45, 7) is 2.73. The van der Waals surface area contributed by atoms with E-state index in [-0.39, 0.29) is 5.91 Å². The fraction of sp³-hybridized carbons (Fsp3) is 0.429. The van der Waals surface area contributed by atoms with E-state index >= 15 is 0 Å². The fourth-order valence-corrected chi connectivity index (χ4v) is 3.14. The smallest absolute Gasteiger partial charge is 0.230 e. The van der Waals surface area contributed by atoms with Gasteiger partial charge in [-0.3, -0.25) is 4.79 Å². The Bertz CT molecular complexity index is 559. The summed E-state index contributed by atoms with van der Waals surface area (Å²) in [4.78, 5) is 24.4. The first kappa shape index (κ1) is 15.9. The van der Waals surface area contributed by atoms with E-state index in [4.69, 9.17) is 0 Å². The maximum Gasteiger partial charge on any atom is 0.230 e. The van der Waals surface area contributed by atoms with Gasteiger partial charge in [-0.05, 0) is 18.2 Å². The average molecular weight is 322 g/mol. The van der Waals surface area contributed by atoms with Crippen molar-refractivity contribution in [2.24, 2.45) is 0 Å². The lowest BCUT2D eigenvalue weighted by Crippen LogP contribution is -2.27. The number of nitrogens with zero attached hydrogens (tertiary/aromatic N) is 3. The molecule has 0 fully saturated rings. The van der Waals surface area contributed by atoms with Crippen LogP contribution in [0.15, 0.2) is 23.8 Å². The van der Waals surface area contributed by atoms with Crippen molar-refractivity contribution in [2.75, 3.05) is 18.1 Å². The van der Waals surface area contributed by atoms with Gasteiger partial charge in [-0.2, -0.15) is 11.8 Å². The summed E-state index contributed by atoms with van der Waals surface area (Å²) in [5.41, 5.74) is 0.962. The third kappa shape index (κ3) is 5.43. The monoisotopic (exact) mass is 322 g/mol. The van der Waals surface area contributed by atoms with Crippen LogP contribution in [0, 0.1) is 0 Å². The SMILES string of the molecule is CCCSCC(=O)NCCc1csc(-c2ncccn2)n1. The number of nitrogens with one attached hydrogen (secondary N) is 1. The van der Waals surface area contributed by atoms with Crippen LogP contribution in [0.4, 0.5) is 0 Å². The minimum absolute atomic E-state index is 0.0929. The number of thioether (sulfide) groups is 1. The molecule has 1 N–H and O–H groups in total. The van der Waals surface area contributed by atoms with Crippen molar-refractivity contribution in [1.82, 2.24) is 20.3 Å². The highest BCUT2D eigenvalue weighted by Crippen LogP contribution is 2.19. The van der Waals surface area contributed by atoms with Gasteiger partial charge in [0.05, 0.1) is 11.4 Å². The molecule has 2 aromatic rings. The molecule has 112 valence electrons. The Hall–Kier alpha value is -1.47. The van der Waals surface area contributed by atoms with Crippen molar-refractivity contribution in [3.05, 3.63) is 29.5 Å². The number of aromatic nitrogens is 3. The molecule has 2 heterocycles. The zero-order valence-electron chi connectivity index (χ0n) is 11.9. The predicted octanol–water partition coefficient (Wildman–Crippen LogP) is 2.40. The standard InChI is InChI=1S/C14H18N4OS2/c1-2-8-20-10-12(19)15-7-4-11-9-21-14(18-11)13-16-5-3-6-17-13/h3,5-6,9H,2,4,7-8,10H2,1H3,(H,15,19). The van der Waals surface area contributed by atoms with Crippen LogP contribution < -0.4 is 5.32 Å². The molecule has 0 spiro atoms. The van der Waals surface area contributed by atoms with Crippen LogP contribution in [-0.2, 0) is 11.2 Å². The number of carbonyl (C=O) groups is 1. The summed E-state index contributed by atoms with van der Waals surface area (Å²) in [5, 5.41) is 5.72. The Balaban J connectivity index is 1.75. The lowest BCUT2D eigenvalue weighted by molar-refractivity contribution is -0.118. The zero-order chi connectivity index (χ0) is 14.9. The Labute approximate surface area is 132 Å². The zero-order valence-corrected chi connectivity index (χ0v) is 13.5. The minimum atomic E-state index is 0.0929. The van der Waals surface area contributed by atoms with Crippen molar-refractivity contribution < 1.29 is 4.79 Å². The second-order valence-corrected chi connectivity index (χ2v) is 6.33. The van der Waals surface area contributed by atoms with Crippen LogP contribution in [0.5, 0.6) is 0 Å². The molecule has 0 aromatic carbocycles. The molecule has 0 unspecified atom stereocenters. The van der Waals surface area contributed by atoms with E-state index in [0.717, 1.165) is 29.3 Å². The summed E-state index contributed by atoms with van der Waals surface area (Å²) >= 11 is 3.19. The molecule has 0 bridgehead atoms. The number of rotatable bonds is 8. The summed E-state index contributed by atoms with van der Waals surface area (Å²) in [7, 11) is 0. The summed E-state index contributed by atoms with van der Waals surface area (Å²) in [5.74, 6) is 2.30. The number of hydrogen-bond acceptors (Lipinski definition) is 6. The van der Waals surface area contributed by atoms with Gasteiger partial charge in [0.2, 0.25) is 5.91 Å². The van der Waals surface area contributed by atoms with E-state index in [1.54, 1.807) is 30.2 Å². The van der Waals surface area contributed by atoms with Crippen molar-refractivity contribution >= 4 is 29.0 Å². The molecular formula is C14H18N4OS2. The minimum Gasteiger partial charge on any atom is -0.355 e. The lowest BCUT2D eigenvalue weighted by atomic mass is 10.3. The van der Waals surface area contributed by atoms with Gasteiger partial charge in [0, 0.05) is 30.7 Å². The van der Waals surface area contributed by atoms with Gasteiger partial charge in [0.15, 0.2) is 10.8 Å². The van der Waals surface area contributed by atoms with E-state index < -0.39 is 0 Å².